The summed E-state index contributed by atoms with van der Waals surface area (Å²) >= 11 is 0. The number of ether oxygens (including phenoxy) is 1. The van der Waals surface area contributed by atoms with Crippen LogP contribution in [0.2, 0.25) is 0 Å². The lowest BCUT2D eigenvalue weighted by Crippen LogP contribution is -2.04. The van der Waals surface area contributed by atoms with E-state index in [4.69, 9.17) is 4.74 Å². The van der Waals surface area contributed by atoms with Crippen LogP contribution in [0.25, 0.3) is 0 Å². The number of hydrogen-bond donors (Lipinski definition) is 1. The van der Waals surface area contributed by atoms with Gasteiger partial charge in [-0.25, -0.2) is 9.37 Å². The van der Waals surface area contributed by atoms with Crippen molar-refractivity contribution in [3.8, 4) is 11.5 Å². The number of nitrogens with zero attached hydrogens (tertiary/aromatic N) is 1. The van der Waals surface area contributed by atoms with E-state index >= 15 is 0 Å². The number of rotatable bonds is 0. The number of benzene rings is 1. The first-order valence-electron chi connectivity index (χ1n) is 4.52. The minimum absolute atomic E-state index is 0.302. The molecular weight excluding hydrogens is 195 g/mol. The zero-order chi connectivity index (χ0) is 10.3. The molecule has 0 spiro atoms. The Morgan fingerprint density at radius 1 is 1.20 bits per heavy atom. The molecule has 4 heteroatoms. The smallest absolute Gasteiger partial charge is 0.173 e. The van der Waals surface area contributed by atoms with Gasteiger partial charge in [0, 0.05) is 12.3 Å². The molecule has 0 saturated carbocycles. The van der Waals surface area contributed by atoms with E-state index in [1.165, 1.54) is 12.1 Å². The van der Waals surface area contributed by atoms with Gasteiger partial charge in [-0.15, -0.1) is 0 Å². The van der Waals surface area contributed by atoms with E-state index in [9.17, 15) is 4.39 Å². The summed E-state index contributed by atoms with van der Waals surface area (Å²) in [7, 11) is 0. The maximum atomic E-state index is 13.0. The van der Waals surface area contributed by atoms with Crippen molar-refractivity contribution in [2.75, 3.05) is 5.32 Å². The van der Waals surface area contributed by atoms with Gasteiger partial charge in [0.25, 0.3) is 0 Å². The van der Waals surface area contributed by atoms with E-state index in [1.54, 1.807) is 18.3 Å². The third-order valence-corrected chi connectivity index (χ3v) is 2.19. The van der Waals surface area contributed by atoms with Gasteiger partial charge in [-0.05, 0) is 24.3 Å². The van der Waals surface area contributed by atoms with Gasteiger partial charge in [-0.3, -0.25) is 0 Å². The van der Waals surface area contributed by atoms with E-state index in [0.29, 0.717) is 23.0 Å². The Bertz CT molecular complexity index is 528. The van der Waals surface area contributed by atoms with Crippen LogP contribution in [0, 0.1) is 5.82 Å². The first-order chi connectivity index (χ1) is 7.33. The highest BCUT2D eigenvalue weighted by atomic mass is 19.1. The van der Waals surface area contributed by atoms with Crippen LogP contribution in [0.1, 0.15) is 0 Å². The molecule has 2 heterocycles. The van der Waals surface area contributed by atoms with Crippen LogP contribution in [-0.4, -0.2) is 4.98 Å². The third-order valence-electron chi connectivity index (χ3n) is 2.19. The molecule has 2 aromatic rings. The summed E-state index contributed by atoms with van der Waals surface area (Å²) in [6.45, 7) is 0. The maximum absolute atomic E-state index is 13.0. The van der Waals surface area contributed by atoms with Crippen molar-refractivity contribution in [3.63, 3.8) is 0 Å². The fraction of sp³-hybridized carbons (Fsp3) is 0. The Morgan fingerprint density at radius 2 is 2.13 bits per heavy atom. The molecule has 0 fully saturated rings. The van der Waals surface area contributed by atoms with Crippen LogP contribution < -0.4 is 10.1 Å². The van der Waals surface area contributed by atoms with Gasteiger partial charge in [0.15, 0.2) is 17.3 Å². The minimum Gasteiger partial charge on any atom is -0.451 e. The van der Waals surface area contributed by atoms with Crippen LogP contribution in [-0.2, 0) is 0 Å². The summed E-state index contributed by atoms with van der Waals surface area (Å²) in [6.07, 6.45) is 1.65. The number of pyridine rings is 1. The molecule has 0 amide bonds. The second-order valence-corrected chi connectivity index (χ2v) is 3.22. The largest absolute Gasteiger partial charge is 0.451 e. The summed E-state index contributed by atoms with van der Waals surface area (Å²) < 4.78 is 18.5. The van der Waals surface area contributed by atoms with Crippen molar-refractivity contribution in [2.24, 2.45) is 0 Å². The molecule has 3 rings (SSSR count). The van der Waals surface area contributed by atoms with Gasteiger partial charge in [0.05, 0.1) is 5.69 Å². The lowest BCUT2D eigenvalue weighted by atomic mass is 10.2. The van der Waals surface area contributed by atoms with Crippen molar-refractivity contribution in [1.82, 2.24) is 4.98 Å². The lowest BCUT2D eigenvalue weighted by molar-refractivity contribution is 0.476. The number of fused-ring (bicyclic) bond motifs is 2. The molecule has 1 N–H and O–H groups in total. The fourth-order valence-corrected chi connectivity index (χ4v) is 1.50. The van der Waals surface area contributed by atoms with Crippen LogP contribution in [0.3, 0.4) is 0 Å². The molecule has 15 heavy (non-hydrogen) atoms. The molecule has 1 aliphatic rings. The number of anilines is 2. The van der Waals surface area contributed by atoms with Crippen LogP contribution in [0.5, 0.6) is 11.5 Å². The average Bonchev–Trinajstić information content (AvgIpc) is 2.26. The van der Waals surface area contributed by atoms with Crippen molar-refractivity contribution < 1.29 is 9.13 Å². The van der Waals surface area contributed by atoms with Gasteiger partial charge in [-0.2, -0.15) is 0 Å². The maximum Gasteiger partial charge on any atom is 0.173 e. The fourth-order valence-electron chi connectivity index (χ4n) is 1.50. The van der Waals surface area contributed by atoms with Crippen molar-refractivity contribution in [3.05, 3.63) is 42.3 Å². The summed E-state index contributed by atoms with van der Waals surface area (Å²) in [4.78, 5) is 4.09. The standard InChI is InChI=1S/C11H7FN2O/c12-7-3-4-9-8(6-7)14-11-10(15-9)2-1-5-13-11/h1-6H,(H,13,14). The molecule has 0 saturated heterocycles. The van der Waals surface area contributed by atoms with Crippen molar-refractivity contribution in [1.29, 1.82) is 0 Å². The quantitative estimate of drug-likeness (QED) is 0.608. The number of nitrogens with one attached hydrogen (secondary N) is 1. The molecule has 0 bridgehead atoms. The summed E-state index contributed by atoms with van der Waals surface area (Å²) in [6, 6.07) is 7.93. The normalized spacial score (nSPS) is 12.1. The third kappa shape index (κ3) is 1.30. The zero-order valence-corrected chi connectivity index (χ0v) is 7.70. The molecule has 0 aliphatic carbocycles. The number of hydrogen-bond acceptors (Lipinski definition) is 3. The molecule has 0 radical (unpaired) electrons. The second-order valence-electron chi connectivity index (χ2n) is 3.22. The number of halogens is 1. The van der Waals surface area contributed by atoms with Gasteiger partial charge in [0.2, 0.25) is 0 Å². The van der Waals surface area contributed by atoms with Crippen molar-refractivity contribution in [2.45, 2.75) is 0 Å². The highest BCUT2D eigenvalue weighted by Crippen LogP contribution is 2.40. The van der Waals surface area contributed by atoms with Gasteiger partial charge < -0.3 is 10.1 Å². The van der Waals surface area contributed by atoms with Gasteiger partial charge in [-0.1, -0.05) is 0 Å². The Labute approximate surface area is 85.5 Å². The molecule has 1 aromatic carbocycles. The lowest BCUT2D eigenvalue weighted by Gasteiger charge is -2.20. The molecule has 1 aliphatic heterocycles. The highest BCUT2D eigenvalue weighted by molar-refractivity contribution is 5.72. The zero-order valence-electron chi connectivity index (χ0n) is 7.70. The van der Waals surface area contributed by atoms with Gasteiger partial charge >= 0.3 is 0 Å². The second kappa shape index (κ2) is 2.95. The Morgan fingerprint density at radius 3 is 3.07 bits per heavy atom. The van der Waals surface area contributed by atoms with Crippen molar-refractivity contribution >= 4 is 11.5 Å². The highest BCUT2D eigenvalue weighted by Gasteiger charge is 2.16. The van der Waals surface area contributed by atoms with E-state index in [-0.39, 0.29) is 5.82 Å². The minimum atomic E-state index is -0.302. The van der Waals surface area contributed by atoms with Crippen LogP contribution >= 0.6 is 0 Å². The Balaban J connectivity index is 2.11. The number of aromatic nitrogens is 1. The molecule has 3 nitrogen and oxygen atoms in total. The first-order valence-corrected chi connectivity index (χ1v) is 4.52. The first kappa shape index (κ1) is 8.23. The van der Waals surface area contributed by atoms with E-state index < -0.39 is 0 Å². The Kier molecular flexibility index (Phi) is 1.62. The molecular formula is C11H7FN2O. The van der Waals surface area contributed by atoms with Crippen LogP contribution in [0.15, 0.2) is 36.5 Å². The van der Waals surface area contributed by atoms with Crippen LogP contribution in [0.4, 0.5) is 15.9 Å². The molecule has 1 aromatic heterocycles. The SMILES string of the molecule is Fc1ccc2c(c1)Nc1ncccc1O2. The predicted molar refractivity (Wildman–Crippen MR) is 54.0 cm³/mol. The van der Waals surface area contributed by atoms with E-state index in [0.717, 1.165) is 0 Å². The van der Waals surface area contributed by atoms with Gasteiger partial charge in [0.1, 0.15) is 5.82 Å². The average molecular weight is 202 g/mol. The topological polar surface area (TPSA) is 34.2 Å². The predicted octanol–water partition coefficient (Wildman–Crippen LogP) is 3.07. The molecule has 0 atom stereocenters. The Hall–Kier alpha value is -2.10. The molecule has 74 valence electrons. The molecule has 0 unspecified atom stereocenters. The van der Waals surface area contributed by atoms with E-state index in [2.05, 4.69) is 10.3 Å². The summed E-state index contributed by atoms with van der Waals surface area (Å²) in [5.41, 5.74) is 0.598. The summed E-state index contributed by atoms with van der Waals surface area (Å²) in [5.74, 6) is 1.56. The van der Waals surface area contributed by atoms with E-state index in [1.807, 2.05) is 6.07 Å². The summed E-state index contributed by atoms with van der Waals surface area (Å²) in [5, 5.41) is 3.01. The monoisotopic (exact) mass is 202 g/mol.